The number of methoxy groups -OCH3 is 1. The highest BCUT2D eigenvalue weighted by Crippen LogP contribution is 2.25. The summed E-state index contributed by atoms with van der Waals surface area (Å²) in [7, 11) is -2.45. The van der Waals surface area contributed by atoms with Gasteiger partial charge in [-0.3, -0.25) is 9.52 Å². The zero-order valence-electron chi connectivity index (χ0n) is 18.8. The Hall–Kier alpha value is -2.47. The van der Waals surface area contributed by atoms with E-state index in [1.165, 1.54) is 19.3 Å². The molecule has 0 aliphatic heterocycles. The molecule has 0 atom stereocenters. The summed E-state index contributed by atoms with van der Waals surface area (Å²) >= 11 is 6.64. The van der Waals surface area contributed by atoms with Gasteiger partial charge in [-0.15, -0.1) is 11.3 Å². The maximum absolute atomic E-state index is 13.0. The third-order valence-electron chi connectivity index (χ3n) is 4.14. The van der Waals surface area contributed by atoms with Crippen LogP contribution in [0.5, 0.6) is 5.75 Å². The van der Waals surface area contributed by atoms with Crippen LogP contribution in [0.3, 0.4) is 0 Å². The third-order valence-corrected chi connectivity index (χ3v) is 6.70. The monoisotopic (exact) mass is 511 g/mol. The standard InChI is InChI=1S/C22H29N3O5S3/c1-16(2)24-22(31)25-33(27,28)20-15-17(6-8-19(20)30-13-12-29-3)10-11-23-21(26)9-7-18-5-4-14-32-18/h4-9,14-16H,10-13H2,1-3H3,(H,23,26)(H2,24,25,31). The van der Waals surface area contributed by atoms with Gasteiger partial charge in [-0.25, -0.2) is 8.42 Å². The summed E-state index contributed by atoms with van der Waals surface area (Å²) in [5, 5.41) is 7.59. The lowest BCUT2D eigenvalue weighted by atomic mass is 10.1. The molecule has 0 spiro atoms. The second-order valence-electron chi connectivity index (χ2n) is 7.25. The van der Waals surface area contributed by atoms with Crippen molar-refractivity contribution in [3.05, 3.63) is 52.2 Å². The van der Waals surface area contributed by atoms with Gasteiger partial charge in [-0.1, -0.05) is 12.1 Å². The van der Waals surface area contributed by atoms with E-state index in [9.17, 15) is 13.2 Å². The average Bonchev–Trinajstić information content (AvgIpc) is 3.26. The lowest BCUT2D eigenvalue weighted by Crippen LogP contribution is -2.42. The van der Waals surface area contributed by atoms with Crippen LogP contribution in [0.2, 0.25) is 0 Å². The summed E-state index contributed by atoms with van der Waals surface area (Å²) < 4.78 is 38.9. The lowest BCUT2D eigenvalue weighted by molar-refractivity contribution is -0.116. The van der Waals surface area contributed by atoms with Crippen molar-refractivity contribution in [1.29, 1.82) is 0 Å². The van der Waals surface area contributed by atoms with Gasteiger partial charge in [0.25, 0.3) is 10.0 Å². The van der Waals surface area contributed by atoms with Crippen LogP contribution < -0.4 is 20.1 Å². The number of carbonyl (C=O) groups excluding carboxylic acids is 1. The molecule has 3 N–H and O–H groups in total. The molecule has 0 aliphatic rings. The Morgan fingerprint density at radius 3 is 2.70 bits per heavy atom. The highest BCUT2D eigenvalue weighted by molar-refractivity contribution is 7.92. The first kappa shape index (κ1) is 26.8. The summed E-state index contributed by atoms with van der Waals surface area (Å²) in [4.78, 5) is 13.0. The second-order valence-corrected chi connectivity index (χ2v) is 10.3. The minimum absolute atomic E-state index is 0.00281. The fourth-order valence-electron chi connectivity index (χ4n) is 2.67. The number of thiophene rings is 1. The molecule has 0 fully saturated rings. The van der Waals surface area contributed by atoms with E-state index < -0.39 is 10.0 Å². The topological polar surface area (TPSA) is 106 Å². The molecule has 33 heavy (non-hydrogen) atoms. The van der Waals surface area contributed by atoms with E-state index in [0.717, 1.165) is 10.4 Å². The van der Waals surface area contributed by atoms with Gasteiger partial charge in [0, 0.05) is 30.6 Å². The van der Waals surface area contributed by atoms with Crippen LogP contribution in [-0.4, -0.2) is 52.3 Å². The number of nitrogens with one attached hydrogen (secondary N) is 3. The zero-order valence-corrected chi connectivity index (χ0v) is 21.2. The molecule has 2 aromatic rings. The number of amides is 1. The van der Waals surface area contributed by atoms with Gasteiger partial charge in [-0.05, 0) is 67.7 Å². The Morgan fingerprint density at radius 2 is 2.03 bits per heavy atom. The highest BCUT2D eigenvalue weighted by Gasteiger charge is 2.22. The minimum atomic E-state index is -3.99. The van der Waals surface area contributed by atoms with Gasteiger partial charge in [0.15, 0.2) is 5.11 Å². The first-order valence-corrected chi connectivity index (χ1v) is 13.1. The largest absolute Gasteiger partial charge is 0.490 e. The van der Waals surface area contributed by atoms with Gasteiger partial charge >= 0.3 is 0 Å². The molecule has 8 nitrogen and oxygen atoms in total. The smallest absolute Gasteiger partial charge is 0.267 e. The molecule has 11 heteroatoms. The predicted octanol–water partition coefficient (Wildman–Crippen LogP) is 2.71. The van der Waals surface area contributed by atoms with Crippen LogP contribution in [0.15, 0.2) is 46.7 Å². The van der Waals surface area contributed by atoms with Gasteiger partial charge in [0.2, 0.25) is 5.91 Å². The molecule has 1 heterocycles. The predicted molar refractivity (Wildman–Crippen MR) is 135 cm³/mol. The van der Waals surface area contributed by atoms with E-state index >= 15 is 0 Å². The van der Waals surface area contributed by atoms with E-state index in [-0.39, 0.29) is 34.3 Å². The number of hydrogen-bond acceptors (Lipinski definition) is 7. The molecule has 180 valence electrons. The number of hydrogen-bond donors (Lipinski definition) is 3. The molecular formula is C22H29N3O5S3. The number of benzene rings is 1. The summed E-state index contributed by atoms with van der Waals surface area (Å²) in [5.41, 5.74) is 0.722. The van der Waals surface area contributed by atoms with Crippen molar-refractivity contribution in [3.63, 3.8) is 0 Å². The molecule has 0 bridgehead atoms. The van der Waals surface area contributed by atoms with Crippen molar-refractivity contribution in [2.24, 2.45) is 0 Å². The SMILES string of the molecule is COCCOc1ccc(CCNC(=O)C=Cc2cccs2)cc1S(=O)(=O)NC(=S)NC(C)C. The molecule has 1 aromatic carbocycles. The Labute approximate surface area is 204 Å². The summed E-state index contributed by atoms with van der Waals surface area (Å²) in [6, 6.07) is 8.69. The second kappa shape index (κ2) is 13.3. The third kappa shape index (κ3) is 9.50. The molecule has 2 rings (SSSR count). The first-order chi connectivity index (χ1) is 15.7. The van der Waals surface area contributed by atoms with E-state index in [2.05, 4.69) is 15.4 Å². The van der Waals surface area contributed by atoms with E-state index in [1.54, 1.807) is 29.5 Å². The maximum atomic E-state index is 13.0. The molecule has 1 amide bonds. The number of thiocarbonyl (C=S) groups is 1. The van der Waals surface area contributed by atoms with Crippen LogP contribution in [-0.2, 0) is 26.0 Å². The molecule has 1 aromatic heterocycles. The molecular weight excluding hydrogens is 482 g/mol. The van der Waals surface area contributed by atoms with Gasteiger partial charge in [0.05, 0.1) is 6.61 Å². The summed E-state index contributed by atoms with van der Waals surface area (Å²) in [5.74, 6) is -0.0268. The van der Waals surface area contributed by atoms with E-state index in [4.69, 9.17) is 21.7 Å². The Balaban J connectivity index is 2.09. The van der Waals surface area contributed by atoms with Crippen LogP contribution >= 0.6 is 23.6 Å². The Bertz CT molecular complexity index is 1050. The van der Waals surface area contributed by atoms with Crippen LogP contribution in [0.1, 0.15) is 24.3 Å². The molecule has 0 saturated heterocycles. The van der Waals surface area contributed by atoms with E-state index in [0.29, 0.717) is 19.6 Å². The minimum Gasteiger partial charge on any atom is -0.490 e. The Kier molecular flexibility index (Phi) is 10.8. The molecule has 0 unspecified atom stereocenters. The highest BCUT2D eigenvalue weighted by atomic mass is 32.2. The van der Waals surface area contributed by atoms with Crippen molar-refractivity contribution < 1.29 is 22.7 Å². The first-order valence-electron chi connectivity index (χ1n) is 10.3. The van der Waals surface area contributed by atoms with E-state index in [1.807, 2.05) is 31.4 Å². The normalized spacial score (nSPS) is 11.5. The quantitative estimate of drug-likeness (QED) is 0.229. The maximum Gasteiger partial charge on any atom is 0.267 e. The molecule has 0 aliphatic carbocycles. The molecule has 0 saturated carbocycles. The van der Waals surface area contributed by atoms with Crippen LogP contribution in [0.4, 0.5) is 0 Å². The number of sulfonamides is 1. The Morgan fingerprint density at radius 1 is 1.24 bits per heavy atom. The summed E-state index contributed by atoms with van der Waals surface area (Å²) in [6.45, 7) is 4.55. The van der Waals surface area contributed by atoms with Crippen molar-refractivity contribution in [2.45, 2.75) is 31.2 Å². The number of rotatable bonds is 12. The fraction of sp³-hybridized carbons (Fsp3) is 0.364. The van der Waals surface area contributed by atoms with Crippen molar-refractivity contribution in [1.82, 2.24) is 15.4 Å². The van der Waals surface area contributed by atoms with Crippen LogP contribution in [0.25, 0.3) is 6.08 Å². The lowest BCUT2D eigenvalue weighted by Gasteiger charge is -2.17. The van der Waals surface area contributed by atoms with Gasteiger partial charge in [0.1, 0.15) is 17.3 Å². The van der Waals surface area contributed by atoms with Crippen molar-refractivity contribution >= 4 is 50.7 Å². The number of ether oxygens (including phenoxy) is 2. The van der Waals surface area contributed by atoms with Gasteiger partial charge < -0.3 is 20.1 Å². The fourth-order valence-corrected chi connectivity index (χ4v) is 4.97. The number of carbonyl (C=O) groups is 1. The average molecular weight is 512 g/mol. The van der Waals surface area contributed by atoms with Crippen molar-refractivity contribution in [2.75, 3.05) is 26.9 Å². The van der Waals surface area contributed by atoms with Crippen molar-refractivity contribution in [3.8, 4) is 5.75 Å². The zero-order chi connectivity index (χ0) is 24.3. The molecule has 0 radical (unpaired) electrons. The van der Waals surface area contributed by atoms with Gasteiger partial charge in [-0.2, -0.15) is 0 Å². The summed E-state index contributed by atoms with van der Waals surface area (Å²) in [6.07, 6.45) is 3.66. The van der Waals surface area contributed by atoms with Crippen LogP contribution in [0, 0.1) is 0 Å².